The number of morpholine rings is 1. The van der Waals surface area contributed by atoms with E-state index in [9.17, 15) is 10.4 Å². The maximum absolute atomic E-state index is 11.0. The van der Waals surface area contributed by atoms with Crippen LogP contribution in [-0.2, 0) is 4.74 Å². The predicted molar refractivity (Wildman–Crippen MR) is 101 cm³/mol. The number of ether oxygens (including phenoxy) is 1. The summed E-state index contributed by atoms with van der Waals surface area (Å²) in [6.07, 6.45) is 5.09. The van der Waals surface area contributed by atoms with E-state index in [-0.39, 0.29) is 12.2 Å². The number of hydrogen-bond acceptors (Lipinski definition) is 5. The van der Waals surface area contributed by atoms with Crippen LogP contribution in [0, 0.1) is 11.3 Å². The first-order chi connectivity index (χ1) is 12.6. The first-order valence-electron chi connectivity index (χ1n) is 8.86. The number of pyridine rings is 1. The van der Waals surface area contributed by atoms with Gasteiger partial charge in [0.1, 0.15) is 6.10 Å². The van der Waals surface area contributed by atoms with Gasteiger partial charge in [0.15, 0.2) is 0 Å². The van der Waals surface area contributed by atoms with Crippen molar-refractivity contribution in [1.29, 1.82) is 5.26 Å². The van der Waals surface area contributed by atoms with Crippen molar-refractivity contribution < 1.29 is 9.84 Å². The van der Waals surface area contributed by atoms with Crippen molar-refractivity contribution in [2.75, 3.05) is 18.0 Å². The van der Waals surface area contributed by atoms with Crippen LogP contribution in [0.2, 0.25) is 0 Å². The Morgan fingerprint density at radius 1 is 1.19 bits per heavy atom. The Morgan fingerprint density at radius 2 is 1.96 bits per heavy atom. The van der Waals surface area contributed by atoms with Gasteiger partial charge in [-0.05, 0) is 43.2 Å². The minimum atomic E-state index is -0.813. The van der Waals surface area contributed by atoms with Crippen LogP contribution in [0.3, 0.4) is 0 Å². The molecule has 26 heavy (non-hydrogen) atoms. The highest BCUT2D eigenvalue weighted by Gasteiger charge is 2.26. The van der Waals surface area contributed by atoms with Crippen LogP contribution in [0.1, 0.15) is 47.9 Å². The van der Waals surface area contributed by atoms with E-state index < -0.39 is 6.10 Å². The molecular weight excluding hydrogens is 326 g/mol. The average molecular weight is 347 g/mol. The van der Waals surface area contributed by atoms with Gasteiger partial charge >= 0.3 is 0 Å². The Labute approximate surface area is 153 Å². The van der Waals surface area contributed by atoms with Crippen molar-refractivity contribution in [3.63, 3.8) is 0 Å². The van der Waals surface area contributed by atoms with Crippen molar-refractivity contribution in [2.24, 2.45) is 0 Å². The number of nitriles is 1. The van der Waals surface area contributed by atoms with Crippen LogP contribution in [0.5, 0.6) is 0 Å². The lowest BCUT2D eigenvalue weighted by atomic mass is 9.95. The molecule has 1 aliphatic carbocycles. The molecule has 2 heterocycles. The molecule has 2 aliphatic rings. The fraction of sp³-hybridized carbons (Fsp3) is 0.333. The Kier molecular flexibility index (Phi) is 4.23. The molecule has 0 radical (unpaired) electrons. The summed E-state index contributed by atoms with van der Waals surface area (Å²) in [5.74, 6) is 0. The molecule has 4 rings (SSSR count). The Balaban J connectivity index is 1.76. The minimum Gasteiger partial charge on any atom is -0.384 e. The standard InChI is InChI=1S/C21H21N3O2/c1-13-11-24(12-14(2)26-13)16-8-19-20(23-10-16)7-6-17-15(9-22)4-3-5-18(17)21(19)25/h3-8,10,13-14,21,25H,11-12H2,1-2H3. The quantitative estimate of drug-likeness (QED) is 0.858. The smallest absolute Gasteiger partial charge is 0.107 e. The summed E-state index contributed by atoms with van der Waals surface area (Å²) in [5, 5.41) is 20.4. The topological polar surface area (TPSA) is 69.4 Å². The number of fused-ring (bicyclic) bond motifs is 2. The molecular formula is C21H21N3O2. The van der Waals surface area contributed by atoms with Gasteiger partial charge in [-0.25, -0.2) is 0 Å². The average Bonchev–Trinajstić information content (AvgIpc) is 2.78. The zero-order valence-electron chi connectivity index (χ0n) is 14.9. The fourth-order valence-electron chi connectivity index (χ4n) is 3.84. The zero-order valence-corrected chi connectivity index (χ0v) is 14.9. The summed E-state index contributed by atoms with van der Waals surface area (Å²) in [5.41, 5.74) is 4.53. The van der Waals surface area contributed by atoms with Gasteiger partial charge in [0.05, 0.1) is 41.4 Å². The third-order valence-electron chi connectivity index (χ3n) is 4.98. The Bertz CT molecular complexity index is 906. The summed E-state index contributed by atoms with van der Waals surface area (Å²) < 4.78 is 5.81. The van der Waals surface area contributed by atoms with Crippen molar-refractivity contribution in [3.05, 3.63) is 58.4 Å². The van der Waals surface area contributed by atoms with Gasteiger partial charge in [-0.3, -0.25) is 4.98 Å². The summed E-state index contributed by atoms with van der Waals surface area (Å²) >= 11 is 0. The highest BCUT2D eigenvalue weighted by atomic mass is 16.5. The Morgan fingerprint density at radius 3 is 2.69 bits per heavy atom. The third kappa shape index (κ3) is 2.88. The van der Waals surface area contributed by atoms with E-state index in [0.29, 0.717) is 5.56 Å². The van der Waals surface area contributed by atoms with E-state index in [1.54, 1.807) is 6.07 Å². The van der Waals surface area contributed by atoms with Crippen LogP contribution < -0.4 is 4.90 Å². The molecule has 1 aliphatic heterocycles. The molecule has 0 bridgehead atoms. The second-order valence-corrected chi connectivity index (χ2v) is 6.99. The molecule has 0 amide bonds. The first kappa shape index (κ1) is 16.8. The van der Waals surface area contributed by atoms with Gasteiger partial charge in [0.25, 0.3) is 0 Å². The molecule has 3 atom stereocenters. The molecule has 2 aromatic rings. The summed E-state index contributed by atoms with van der Waals surface area (Å²) in [6.45, 7) is 5.73. The van der Waals surface area contributed by atoms with Crippen LogP contribution in [0.4, 0.5) is 5.69 Å². The molecule has 0 spiro atoms. The van der Waals surface area contributed by atoms with Crippen LogP contribution >= 0.6 is 0 Å². The SMILES string of the molecule is CC1CN(c2cnc3c(c2)C(O)c2cccc(C#N)c2C=C3)CC(C)O1. The van der Waals surface area contributed by atoms with Crippen LogP contribution in [0.25, 0.3) is 12.2 Å². The van der Waals surface area contributed by atoms with Crippen molar-refractivity contribution in [2.45, 2.75) is 32.2 Å². The second-order valence-electron chi connectivity index (χ2n) is 6.99. The second kappa shape index (κ2) is 6.56. The van der Waals surface area contributed by atoms with Gasteiger partial charge < -0.3 is 14.7 Å². The number of nitrogens with zero attached hydrogens (tertiary/aromatic N) is 3. The summed E-state index contributed by atoms with van der Waals surface area (Å²) in [4.78, 5) is 6.83. The van der Waals surface area contributed by atoms with E-state index in [1.807, 2.05) is 36.5 Å². The van der Waals surface area contributed by atoms with E-state index in [0.717, 1.165) is 41.2 Å². The lowest BCUT2D eigenvalue weighted by molar-refractivity contribution is -0.00524. The van der Waals surface area contributed by atoms with Crippen molar-refractivity contribution in [1.82, 2.24) is 4.98 Å². The van der Waals surface area contributed by atoms with Gasteiger partial charge in [-0.15, -0.1) is 0 Å². The summed E-state index contributed by atoms with van der Waals surface area (Å²) in [6, 6.07) is 9.65. The summed E-state index contributed by atoms with van der Waals surface area (Å²) in [7, 11) is 0. The largest absolute Gasteiger partial charge is 0.384 e. The highest BCUT2D eigenvalue weighted by Crippen LogP contribution is 2.35. The van der Waals surface area contributed by atoms with E-state index in [1.165, 1.54) is 0 Å². The van der Waals surface area contributed by atoms with E-state index in [4.69, 9.17) is 4.74 Å². The monoisotopic (exact) mass is 347 g/mol. The molecule has 1 aromatic heterocycles. The molecule has 5 heteroatoms. The molecule has 0 saturated carbocycles. The molecule has 5 nitrogen and oxygen atoms in total. The maximum Gasteiger partial charge on any atom is 0.107 e. The fourth-order valence-corrected chi connectivity index (χ4v) is 3.84. The van der Waals surface area contributed by atoms with Crippen molar-refractivity contribution in [3.8, 4) is 6.07 Å². The number of rotatable bonds is 1. The zero-order chi connectivity index (χ0) is 18.3. The third-order valence-corrected chi connectivity index (χ3v) is 4.98. The molecule has 3 unspecified atom stereocenters. The molecule has 132 valence electrons. The number of benzene rings is 1. The number of hydrogen-bond donors (Lipinski definition) is 1. The van der Waals surface area contributed by atoms with Gasteiger partial charge in [-0.1, -0.05) is 18.2 Å². The number of anilines is 1. The van der Waals surface area contributed by atoms with Gasteiger partial charge in [0, 0.05) is 18.7 Å². The number of aliphatic hydroxyl groups is 1. The minimum absolute atomic E-state index is 0.154. The predicted octanol–water partition coefficient (Wildman–Crippen LogP) is 3.13. The van der Waals surface area contributed by atoms with Crippen molar-refractivity contribution >= 4 is 17.8 Å². The number of aliphatic hydroxyl groups excluding tert-OH is 1. The molecule has 1 fully saturated rings. The molecule has 1 N–H and O–H groups in total. The molecule has 1 aromatic carbocycles. The lowest BCUT2D eigenvalue weighted by Crippen LogP contribution is -2.45. The van der Waals surface area contributed by atoms with E-state index >= 15 is 0 Å². The highest BCUT2D eigenvalue weighted by molar-refractivity contribution is 5.78. The maximum atomic E-state index is 11.0. The van der Waals surface area contributed by atoms with Gasteiger partial charge in [0.2, 0.25) is 0 Å². The van der Waals surface area contributed by atoms with Crippen LogP contribution in [0.15, 0.2) is 30.5 Å². The van der Waals surface area contributed by atoms with Crippen LogP contribution in [-0.4, -0.2) is 35.4 Å². The molecule has 1 saturated heterocycles. The first-order valence-corrected chi connectivity index (χ1v) is 8.86. The van der Waals surface area contributed by atoms with Gasteiger partial charge in [-0.2, -0.15) is 5.26 Å². The normalized spacial score (nSPS) is 24.4. The van der Waals surface area contributed by atoms with E-state index in [2.05, 4.69) is 29.8 Å². The number of aromatic nitrogens is 1. The Hall–Kier alpha value is -2.68. The lowest BCUT2D eigenvalue weighted by Gasteiger charge is -2.37.